The number of amides is 2. The van der Waals surface area contributed by atoms with Gasteiger partial charge in [0.1, 0.15) is 0 Å². The van der Waals surface area contributed by atoms with Gasteiger partial charge in [-0.3, -0.25) is 14.5 Å². The van der Waals surface area contributed by atoms with E-state index in [1.54, 1.807) is 18.2 Å². The van der Waals surface area contributed by atoms with Gasteiger partial charge in [-0.2, -0.15) is 0 Å². The molecular formula is C18H22ClNO5S. The molecular weight excluding hydrogens is 378 g/mol. The second kappa shape index (κ2) is 9.30. The molecule has 1 heterocycles. The van der Waals surface area contributed by atoms with E-state index in [4.69, 9.17) is 25.8 Å². The molecule has 0 N–H and O–H groups in total. The maximum Gasteiger partial charge on any atom is 0.293 e. The molecule has 0 bridgehead atoms. The van der Waals surface area contributed by atoms with Crippen molar-refractivity contribution in [1.29, 1.82) is 0 Å². The first-order valence-corrected chi connectivity index (χ1v) is 9.39. The maximum atomic E-state index is 12.4. The number of hydrogen-bond donors (Lipinski definition) is 0. The number of methoxy groups -OCH3 is 2. The minimum Gasteiger partial charge on any atom is -0.493 e. The van der Waals surface area contributed by atoms with Gasteiger partial charge in [0.25, 0.3) is 11.1 Å². The molecule has 1 aromatic carbocycles. The highest BCUT2D eigenvalue weighted by atomic mass is 35.5. The summed E-state index contributed by atoms with van der Waals surface area (Å²) in [6.45, 7) is 4.48. The van der Waals surface area contributed by atoms with E-state index in [2.05, 4.69) is 0 Å². The molecule has 1 fully saturated rings. The lowest BCUT2D eigenvalue weighted by Gasteiger charge is -2.17. The zero-order valence-electron chi connectivity index (χ0n) is 15.2. The summed E-state index contributed by atoms with van der Waals surface area (Å²) < 4.78 is 16.1. The summed E-state index contributed by atoms with van der Waals surface area (Å²) in [6, 6.07) is 3.41. The molecule has 2 amide bonds. The SMILES string of the molecule is CC[C@@H](C)Oc1c(Cl)cc(/C=C2/SC(=O)N(CCOC)C2=O)cc1OC. The van der Waals surface area contributed by atoms with Gasteiger partial charge in [0.2, 0.25) is 0 Å². The first-order valence-electron chi connectivity index (χ1n) is 8.19. The molecule has 1 aliphatic rings. The Balaban J connectivity index is 2.29. The molecule has 0 saturated carbocycles. The lowest BCUT2D eigenvalue weighted by Crippen LogP contribution is -2.31. The van der Waals surface area contributed by atoms with Gasteiger partial charge in [0.15, 0.2) is 11.5 Å². The Labute approximate surface area is 162 Å². The lowest BCUT2D eigenvalue weighted by molar-refractivity contribution is -0.123. The molecule has 1 aromatic rings. The van der Waals surface area contributed by atoms with Crippen molar-refractivity contribution in [3.8, 4) is 11.5 Å². The van der Waals surface area contributed by atoms with Crippen LogP contribution in [0.15, 0.2) is 17.0 Å². The fourth-order valence-electron chi connectivity index (χ4n) is 2.25. The van der Waals surface area contributed by atoms with Crippen molar-refractivity contribution in [1.82, 2.24) is 4.90 Å². The Morgan fingerprint density at radius 3 is 2.65 bits per heavy atom. The molecule has 6 nitrogen and oxygen atoms in total. The molecule has 142 valence electrons. The number of imide groups is 1. The van der Waals surface area contributed by atoms with E-state index >= 15 is 0 Å². The van der Waals surface area contributed by atoms with E-state index in [9.17, 15) is 9.59 Å². The fraction of sp³-hybridized carbons (Fsp3) is 0.444. The highest BCUT2D eigenvalue weighted by Gasteiger charge is 2.34. The van der Waals surface area contributed by atoms with Crippen LogP contribution in [-0.2, 0) is 9.53 Å². The van der Waals surface area contributed by atoms with Crippen molar-refractivity contribution in [3.63, 3.8) is 0 Å². The highest BCUT2D eigenvalue weighted by Crippen LogP contribution is 2.39. The summed E-state index contributed by atoms with van der Waals surface area (Å²) >= 11 is 7.23. The number of ether oxygens (including phenoxy) is 3. The summed E-state index contributed by atoms with van der Waals surface area (Å²) in [5.41, 5.74) is 0.653. The molecule has 0 aliphatic carbocycles. The van der Waals surface area contributed by atoms with Crippen molar-refractivity contribution in [3.05, 3.63) is 27.6 Å². The number of hydrogen-bond acceptors (Lipinski definition) is 6. The molecule has 1 saturated heterocycles. The van der Waals surface area contributed by atoms with Gasteiger partial charge in [0, 0.05) is 7.11 Å². The van der Waals surface area contributed by atoms with Crippen LogP contribution in [0.25, 0.3) is 6.08 Å². The number of halogens is 1. The lowest BCUT2D eigenvalue weighted by atomic mass is 10.1. The first-order chi connectivity index (χ1) is 12.4. The van der Waals surface area contributed by atoms with E-state index in [0.717, 1.165) is 18.2 Å². The van der Waals surface area contributed by atoms with Crippen molar-refractivity contribution >= 4 is 40.6 Å². The minimum absolute atomic E-state index is 0.00969. The van der Waals surface area contributed by atoms with E-state index in [1.807, 2.05) is 13.8 Å². The zero-order chi connectivity index (χ0) is 19.3. The Morgan fingerprint density at radius 2 is 2.04 bits per heavy atom. The van der Waals surface area contributed by atoms with Crippen molar-refractivity contribution in [2.45, 2.75) is 26.4 Å². The average molecular weight is 400 g/mol. The van der Waals surface area contributed by atoms with Crippen LogP contribution in [0.4, 0.5) is 4.79 Å². The van der Waals surface area contributed by atoms with Crippen LogP contribution in [0.1, 0.15) is 25.8 Å². The molecule has 1 atom stereocenters. The van der Waals surface area contributed by atoms with Gasteiger partial charge in [0.05, 0.1) is 36.3 Å². The van der Waals surface area contributed by atoms with Gasteiger partial charge >= 0.3 is 0 Å². The van der Waals surface area contributed by atoms with Crippen LogP contribution < -0.4 is 9.47 Å². The number of carbonyl (C=O) groups is 2. The third kappa shape index (κ3) is 4.72. The third-order valence-corrected chi connectivity index (χ3v) is 5.02. The largest absolute Gasteiger partial charge is 0.493 e. The van der Waals surface area contributed by atoms with E-state index < -0.39 is 0 Å². The molecule has 1 aliphatic heterocycles. The molecule has 26 heavy (non-hydrogen) atoms. The topological polar surface area (TPSA) is 65.1 Å². The number of benzene rings is 1. The van der Waals surface area contributed by atoms with Crippen LogP contribution in [0.2, 0.25) is 5.02 Å². The number of nitrogens with zero attached hydrogens (tertiary/aromatic N) is 1. The predicted octanol–water partition coefficient (Wildman–Crippen LogP) is 4.21. The molecule has 8 heteroatoms. The summed E-state index contributed by atoms with van der Waals surface area (Å²) in [5.74, 6) is 0.601. The summed E-state index contributed by atoms with van der Waals surface area (Å²) in [4.78, 5) is 25.9. The number of carbonyl (C=O) groups excluding carboxylic acids is 2. The van der Waals surface area contributed by atoms with Crippen molar-refractivity contribution in [2.24, 2.45) is 0 Å². The highest BCUT2D eigenvalue weighted by molar-refractivity contribution is 8.18. The Bertz CT molecular complexity index is 722. The van der Waals surface area contributed by atoms with E-state index in [1.165, 1.54) is 19.1 Å². The summed E-state index contributed by atoms with van der Waals surface area (Å²) in [6.07, 6.45) is 2.44. The smallest absolute Gasteiger partial charge is 0.293 e. The maximum absolute atomic E-state index is 12.4. The van der Waals surface area contributed by atoms with Gasteiger partial charge in [-0.05, 0) is 48.9 Å². The summed E-state index contributed by atoms with van der Waals surface area (Å²) in [5, 5.41) is 0.0718. The third-order valence-electron chi connectivity index (χ3n) is 3.84. The minimum atomic E-state index is -0.341. The number of rotatable bonds is 8. The van der Waals surface area contributed by atoms with Crippen molar-refractivity contribution < 1.29 is 23.8 Å². The normalized spacial score (nSPS) is 17.1. The van der Waals surface area contributed by atoms with Gasteiger partial charge in [-0.15, -0.1) is 0 Å². The standard InChI is InChI=1S/C18H22ClNO5S/c1-5-11(2)25-16-13(19)8-12(9-14(16)24-4)10-15-17(21)20(6-7-23-3)18(22)26-15/h8-11H,5-7H2,1-4H3/b15-10+/t11-/m1/s1. The van der Waals surface area contributed by atoms with Crippen LogP contribution in [0.5, 0.6) is 11.5 Å². The Kier molecular flexibility index (Phi) is 7.37. The van der Waals surface area contributed by atoms with E-state index in [0.29, 0.717) is 33.6 Å². The van der Waals surface area contributed by atoms with Gasteiger partial charge in [-0.25, -0.2) is 0 Å². The fourth-order valence-corrected chi connectivity index (χ4v) is 3.38. The van der Waals surface area contributed by atoms with Gasteiger partial charge in [-0.1, -0.05) is 18.5 Å². The first kappa shape index (κ1) is 20.6. The van der Waals surface area contributed by atoms with Crippen LogP contribution in [0.3, 0.4) is 0 Å². The van der Waals surface area contributed by atoms with Crippen molar-refractivity contribution in [2.75, 3.05) is 27.4 Å². The molecule has 0 radical (unpaired) electrons. The van der Waals surface area contributed by atoms with Crippen LogP contribution >= 0.6 is 23.4 Å². The summed E-state index contributed by atoms with van der Waals surface area (Å²) in [7, 11) is 3.05. The number of thioether (sulfide) groups is 1. The predicted molar refractivity (Wildman–Crippen MR) is 103 cm³/mol. The second-order valence-corrected chi connectivity index (χ2v) is 7.10. The molecule has 0 spiro atoms. The quantitative estimate of drug-likeness (QED) is 0.610. The Hall–Kier alpha value is -1.70. The van der Waals surface area contributed by atoms with E-state index in [-0.39, 0.29) is 23.8 Å². The average Bonchev–Trinajstić information content (AvgIpc) is 2.88. The van der Waals surface area contributed by atoms with Crippen LogP contribution in [-0.4, -0.2) is 49.5 Å². The van der Waals surface area contributed by atoms with Crippen LogP contribution in [0, 0.1) is 0 Å². The molecule has 0 aromatic heterocycles. The molecule has 2 rings (SSSR count). The van der Waals surface area contributed by atoms with Gasteiger partial charge < -0.3 is 14.2 Å². The monoisotopic (exact) mass is 399 g/mol. The Morgan fingerprint density at radius 1 is 1.31 bits per heavy atom. The second-order valence-electron chi connectivity index (χ2n) is 5.70. The zero-order valence-corrected chi connectivity index (χ0v) is 16.8. The molecule has 0 unspecified atom stereocenters.